The van der Waals surface area contributed by atoms with Crippen molar-refractivity contribution in [3.63, 3.8) is 0 Å². The van der Waals surface area contributed by atoms with Crippen LogP contribution >= 0.6 is 7.82 Å². The summed E-state index contributed by atoms with van der Waals surface area (Å²) >= 11 is 0. The predicted molar refractivity (Wildman–Crippen MR) is 212 cm³/mol. The SMILES string of the molecule is CC/C=C\C/C=C\C/C=C\C/C=C\CCCCCCCCC(=O)OC(COC(=O)CCCCCCCCC)COP(=O)(O)OC1C(O)C(O)C(O)C(O)C1O. The van der Waals surface area contributed by atoms with Crippen LogP contribution in [0, 0.1) is 0 Å². The number of phosphoric ester groups is 1. The zero-order valence-electron chi connectivity index (χ0n) is 33.2. The minimum absolute atomic E-state index is 0.0796. The van der Waals surface area contributed by atoms with Gasteiger partial charge in [-0.15, -0.1) is 0 Å². The highest BCUT2D eigenvalue weighted by molar-refractivity contribution is 7.47. The fourth-order valence-electron chi connectivity index (χ4n) is 5.86. The van der Waals surface area contributed by atoms with Gasteiger partial charge in [0, 0.05) is 12.8 Å². The lowest BCUT2D eigenvalue weighted by Gasteiger charge is -2.41. The van der Waals surface area contributed by atoms with E-state index in [2.05, 4.69) is 62.5 Å². The van der Waals surface area contributed by atoms with E-state index in [9.17, 15) is 44.6 Å². The first kappa shape index (κ1) is 50.8. The van der Waals surface area contributed by atoms with Crippen molar-refractivity contribution in [2.45, 2.75) is 185 Å². The van der Waals surface area contributed by atoms with Gasteiger partial charge in [0.1, 0.15) is 43.2 Å². The molecule has 1 aliphatic rings. The molecule has 55 heavy (non-hydrogen) atoms. The number of rotatable bonds is 32. The second kappa shape index (κ2) is 31.8. The molecule has 14 heteroatoms. The second-order valence-corrected chi connectivity index (χ2v) is 15.5. The van der Waals surface area contributed by atoms with Gasteiger partial charge < -0.3 is 39.9 Å². The van der Waals surface area contributed by atoms with Crippen molar-refractivity contribution in [3.05, 3.63) is 48.6 Å². The third kappa shape index (κ3) is 24.9. The van der Waals surface area contributed by atoms with Crippen LogP contribution < -0.4 is 0 Å². The van der Waals surface area contributed by atoms with Crippen LogP contribution in [-0.4, -0.2) is 98.3 Å². The standard InChI is InChI=1S/C41H71O13P/c1-3-5-7-9-11-12-13-14-15-16-17-18-19-20-21-22-24-26-28-30-35(43)53-33(31-51-34(42)29-27-25-23-10-8-6-4-2)32-52-55(49,50)54-41-39(47)37(45)36(44)38(46)40(41)48/h5,7,11-12,14-15,17-18,33,36-41,44-48H,3-4,6,8-10,13,16,19-32H2,1-2H3,(H,49,50)/b7-5-,12-11-,15-14-,18-17-. The zero-order valence-corrected chi connectivity index (χ0v) is 34.1. The number of carbonyl (C=O) groups excluding carboxylic acids is 2. The Morgan fingerprint density at radius 3 is 1.58 bits per heavy atom. The van der Waals surface area contributed by atoms with Gasteiger partial charge in [-0.2, -0.15) is 0 Å². The molecule has 6 atom stereocenters. The fourth-order valence-corrected chi connectivity index (χ4v) is 6.84. The van der Waals surface area contributed by atoms with E-state index in [1.165, 1.54) is 6.42 Å². The Bertz CT molecular complexity index is 1160. The molecule has 6 N–H and O–H groups in total. The molecule has 0 spiro atoms. The normalized spacial score (nSPS) is 23.6. The van der Waals surface area contributed by atoms with Gasteiger partial charge in [-0.25, -0.2) is 4.57 Å². The van der Waals surface area contributed by atoms with Crippen molar-refractivity contribution in [1.82, 2.24) is 0 Å². The average molecular weight is 803 g/mol. The fraction of sp³-hybridized carbons (Fsp3) is 0.756. The first-order valence-electron chi connectivity index (χ1n) is 20.4. The first-order valence-corrected chi connectivity index (χ1v) is 21.9. The van der Waals surface area contributed by atoms with E-state index in [1.54, 1.807) is 0 Å². The van der Waals surface area contributed by atoms with Crippen molar-refractivity contribution in [2.75, 3.05) is 13.2 Å². The number of esters is 2. The molecule has 0 aromatic carbocycles. The molecule has 0 bridgehead atoms. The van der Waals surface area contributed by atoms with E-state index in [0.29, 0.717) is 12.8 Å². The van der Waals surface area contributed by atoms with Crippen molar-refractivity contribution in [1.29, 1.82) is 0 Å². The number of ether oxygens (including phenoxy) is 2. The van der Waals surface area contributed by atoms with E-state index in [0.717, 1.165) is 96.3 Å². The summed E-state index contributed by atoms with van der Waals surface area (Å²) in [5, 5.41) is 49.9. The van der Waals surface area contributed by atoms with Gasteiger partial charge in [-0.3, -0.25) is 18.6 Å². The van der Waals surface area contributed by atoms with E-state index in [4.69, 9.17) is 18.5 Å². The van der Waals surface area contributed by atoms with E-state index in [1.807, 2.05) is 0 Å². The van der Waals surface area contributed by atoms with Crippen LogP contribution in [0.15, 0.2) is 48.6 Å². The van der Waals surface area contributed by atoms with Gasteiger partial charge >= 0.3 is 19.8 Å². The highest BCUT2D eigenvalue weighted by Crippen LogP contribution is 2.47. The van der Waals surface area contributed by atoms with E-state index < -0.39 is 75.7 Å². The summed E-state index contributed by atoms with van der Waals surface area (Å²) in [4.78, 5) is 35.4. The van der Waals surface area contributed by atoms with Gasteiger partial charge in [-0.05, 0) is 51.4 Å². The predicted octanol–water partition coefficient (Wildman–Crippen LogP) is 6.83. The molecule has 1 rings (SSSR count). The van der Waals surface area contributed by atoms with Crippen molar-refractivity contribution >= 4 is 19.8 Å². The number of hydrogen-bond acceptors (Lipinski definition) is 12. The Kier molecular flexibility index (Phi) is 29.4. The van der Waals surface area contributed by atoms with Crippen LogP contribution in [0.1, 0.15) is 142 Å². The molecule has 0 saturated heterocycles. The van der Waals surface area contributed by atoms with Crippen molar-refractivity contribution in [2.24, 2.45) is 0 Å². The van der Waals surface area contributed by atoms with E-state index in [-0.39, 0.29) is 12.8 Å². The third-order valence-electron chi connectivity index (χ3n) is 9.18. The maximum atomic E-state index is 12.7. The summed E-state index contributed by atoms with van der Waals surface area (Å²) < 4.78 is 33.3. The second-order valence-electron chi connectivity index (χ2n) is 14.1. The monoisotopic (exact) mass is 802 g/mol. The summed E-state index contributed by atoms with van der Waals surface area (Å²) in [7, 11) is -5.11. The Morgan fingerprint density at radius 2 is 1.04 bits per heavy atom. The van der Waals surface area contributed by atoms with Crippen LogP contribution in [0.2, 0.25) is 0 Å². The smallest absolute Gasteiger partial charge is 0.462 e. The van der Waals surface area contributed by atoms with Crippen LogP contribution in [0.5, 0.6) is 0 Å². The van der Waals surface area contributed by atoms with E-state index >= 15 is 0 Å². The van der Waals surface area contributed by atoms with Crippen molar-refractivity contribution in [3.8, 4) is 0 Å². The molecule has 0 aromatic rings. The minimum Gasteiger partial charge on any atom is -0.462 e. The number of allylic oxidation sites excluding steroid dienone is 8. The van der Waals surface area contributed by atoms with Crippen LogP contribution in [0.25, 0.3) is 0 Å². The van der Waals surface area contributed by atoms with Crippen LogP contribution in [-0.2, 0) is 32.7 Å². The summed E-state index contributed by atoms with van der Waals surface area (Å²) in [6, 6.07) is 0. The highest BCUT2D eigenvalue weighted by Gasteiger charge is 2.51. The molecule has 0 aliphatic heterocycles. The maximum absolute atomic E-state index is 12.7. The molecule has 0 amide bonds. The molecule has 1 saturated carbocycles. The zero-order chi connectivity index (χ0) is 40.7. The van der Waals surface area contributed by atoms with Gasteiger partial charge in [0.2, 0.25) is 0 Å². The molecular formula is C41H71O13P. The molecule has 1 fully saturated rings. The number of aliphatic hydroxyl groups is 5. The van der Waals surface area contributed by atoms with Gasteiger partial charge in [0.25, 0.3) is 0 Å². The number of phosphoric acid groups is 1. The lowest BCUT2D eigenvalue weighted by atomic mass is 9.85. The molecule has 0 radical (unpaired) electrons. The van der Waals surface area contributed by atoms with Crippen LogP contribution in [0.4, 0.5) is 0 Å². The first-order chi connectivity index (χ1) is 26.4. The quantitative estimate of drug-likeness (QED) is 0.0179. The Morgan fingerprint density at radius 1 is 0.582 bits per heavy atom. The molecular weight excluding hydrogens is 731 g/mol. The largest absolute Gasteiger partial charge is 0.472 e. The topological polar surface area (TPSA) is 210 Å². The van der Waals surface area contributed by atoms with Crippen molar-refractivity contribution < 1.29 is 63.1 Å². The Balaban J connectivity index is 2.47. The molecule has 0 heterocycles. The number of hydrogen-bond donors (Lipinski definition) is 6. The highest BCUT2D eigenvalue weighted by atomic mass is 31.2. The lowest BCUT2D eigenvalue weighted by molar-refractivity contribution is -0.220. The van der Waals surface area contributed by atoms with Crippen LogP contribution in [0.3, 0.4) is 0 Å². The summed E-state index contributed by atoms with van der Waals surface area (Å²) in [6.07, 6.45) is 22.1. The molecule has 318 valence electrons. The molecule has 1 aliphatic carbocycles. The Labute approximate surface area is 329 Å². The third-order valence-corrected chi connectivity index (χ3v) is 10.2. The molecule has 13 nitrogen and oxygen atoms in total. The summed E-state index contributed by atoms with van der Waals surface area (Å²) in [6.45, 7) is 3.09. The maximum Gasteiger partial charge on any atom is 0.472 e. The minimum atomic E-state index is -5.11. The Hall–Kier alpha value is -2.19. The average Bonchev–Trinajstić information content (AvgIpc) is 3.16. The van der Waals surface area contributed by atoms with Gasteiger partial charge in [-0.1, -0.05) is 127 Å². The number of unbranched alkanes of at least 4 members (excludes halogenated alkanes) is 12. The molecule has 6 unspecified atom stereocenters. The number of aliphatic hydroxyl groups excluding tert-OH is 5. The van der Waals surface area contributed by atoms with Gasteiger partial charge in [0.05, 0.1) is 6.61 Å². The number of carbonyl (C=O) groups is 2. The molecule has 0 aromatic heterocycles. The lowest BCUT2D eigenvalue weighted by Crippen LogP contribution is -2.64. The summed E-state index contributed by atoms with van der Waals surface area (Å²) in [5.41, 5.74) is 0. The van der Waals surface area contributed by atoms with Gasteiger partial charge in [0.15, 0.2) is 6.10 Å². The summed E-state index contributed by atoms with van der Waals surface area (Å²) in [5.74, 6) is -1.13.